The molecule has 0 spiro atoms. The fourth-order valence-corrected chi connectivity index (χ4v) is 1.80. The molecule has 17 heavy (non-hydrogen) atoms. The van der Waals surface area contributed by atoms with Gasteiger partial charge in [0.1, 0.15) is 6.04 Å². The molecule has 96 valence electrons. The summed E-state index contributed by atoms with van der Waals surface area (Å²) < 4.78 is 4.55. The molecule has 7 nitrogen and oxygen atoms in total. The Morgan fingerprint density at radius 1 is 1.47 bits per heavy atom. The molecule has 0 aromatic heterocycles. The van der Waals surface area contributed by atoms with Gasteiger partial charge in [-0.25, -0.2) is 4.79 Å². The van der Waals surface area contributed by atoms with E-state index in [0.29, 0.717) is 13.0 Å². The van der Waals surface area contributed by atoms with Crippen molar-refractivity contribution in [2.45, 2.75) is 25.8 Å². The smallest absolute Gasteiger partial charge is 0.413 e. The lowest BCUT2D eigenvalue weighted by atomic mass is 10.2. The van der Waals surface area contributed by atoms with Gasteiger partial charge in [-0.1, -0.05) is 0 Å². The summed E-state index contributed by atoms with van der Waals surface area (Å²) in [6.07, 6.45) is 0.467. The van der Waals surface area contributed by atoms with Gasteiger partial charge < -0.3 is 9.84 Å². The summed E-state index contributed by atoms with van der Waals surface area (Å²) in [5.74, 6) is -1.48. The number of aliphatic carboxylic acids is 1. The van der Waals surface area contributed by atoms with E-state index in [1.807, 2.05) is 5.32 Å². The highest BCUT2D eigenvalue weighted by Crippen LogP contribution is 2.16. The summed E-state index contributed by atoms with van der Waals surface area (Å²) in [6, 6.07) is -0.636. The third-order valence-corrected chi connectivity index (χ3v) is 2.51. The molecule has 2 amide bonds. The molecule has 1 aliphatic heterocycles. The first kappa shape index (κ1) is 13.4. The Hall–Kier alpha value is -1.63. The van der Waals surface area contributed by atoms with Gasteiger partial charge in [0.25, 0.3) is 0 Å². The molecule has 1 fully saturated rings. The van der Waals surface area contributed by atoms with E-state index in [-0.39, 0.29) is 13.2 Å². The Bertz CT molecular complexity index is 318. The Morgan fingerprint density at radius 3 is 2.76 bits per heavy atom. The van der Waals surface area contributed by atoms with Gasteiger partial charge in [0.05, 0.1) is 13.2 Å². The number of ether oxygens (including phenoxy) is 1. The van der Waals surface area contributed by atoms with Crippen molar-refractivity contribution < 1.29 is 24.2 Å². The second-order valence-electron chi connectivity index (χ2n) is 3.74. The molecule has 1 atom stereocenters. The van der Waals surface area contributed by atoms with E-state index in [1.165, 1.54) is 4.90 Å². The van der Waals surface area contributed by atoms with E-state index in [0.717, 1.165) is 6.42 Å². The summed E-state index contributed by atoms with van der Waals surface area (Å²) in [5.41, 5.74) is 0. The number of carbonyl (C=O) groups excluding carboxylic acids is 2. The van der Waals surface area contributed by atoms with Crippen molar-refractivity contribution in [3.63, 3.8) is 0 Å². The van der Waals surface area contributed by atoms with E-state index in [9.17, 15) is 14.4 Å². The molecular formula is C10H16N2O5. The first-order chi connectivity index (χ1) is 8.04. The molecular weight excluding hydrogens is 228 g/mol. The second kappa shape index (κ2) is 6.19. The number of nitrogens with one attached hydrogen (secondary N) is 1. The highest BCUT2D eigenvalue weighted by Gasteiger charge is 2.31. The minimum absolute atomic E-state index is 0.101. The second-order valence-corrected chi connectivity index (χ2v) is 3.74. The maximum atomic E-state index is 11.4. The van der Waals surface area contributed by atoms with Gasteiger partial charge >= 0.3 is 12.1 Å². The molecule has 1 aliphatic rings. The number of carboxylic acid groups (broad SMARTS) is 1. The van der Waals surface area contributed by atoms with Crippen molar-refractivity contribution in [2.24, 2.45) is 0 Å². The highest BCUT2D eigenvalue weighted by atomic mass is 16.5. The Balaban J connectivity index is 2.40. The van der Waals surface area contributed by atoms with Crippen molar-refractivity contribution in [3.8, 4) is 0 Å². The van der Waals surface area contributed by atoms with Crippen LogP contribution in [0, 0.1) is 0 Å². The van der Waals surface area contributed by atoms with Gasteiger partial charge in [-0.15, -0.1) is 0 Å². The van der Waals surface area contributed by atoms with Crippen molar-refractivity contribution >= 4 is 18.0 Å². The van der Waals surface area contributed by atoms with Crippen LogP contribution in [0.5, 0.6) is 0 Å². The summed E-state index contributed by atoms with van der Waals surface area (Å²) in [7, 11) is 0. The Kier molecular flexibility index (Phi) is 4.89. The molecule has 0 bridgehead atoms. The Labute approximate surface area is 98.7 Å². The van der Waals surface area contributed by atoms with Gasteiger partial charge in [-0.3, -0.25) is 19.8 Å². The summed E-state index contributed by atoms with van der Waals surface area (Å²) >= 11 is 0. The number of alkyl carbamates (subject to hydrolysis) is 1. The van der Waals surface area contributed by atoms with Crippen LogP contribution in [0.4, 0.5) is 4.79 Å². The molecule has 7 heteroatoms. The number of carbonyl (C=O) groups is 3. The first-order valence-electron chi connectivity index (χ1n) is 5.48. The number of hydrogen-bond donors (Lipinski definition) is 2. The largest absolute Gasteiger partial charge is 0.480 e. The quantitative estimate of drug-likeness (QED) is 0.711. The van der Waals surface area contributed by atoms with Gasteiger partial charge in [0.15, 0.2) is 0 Å². The predicted octanol–water partition coefficient (Wildman–Crippen LogP) is -0.192. The van der Waals surface area contributed by atoms with Crippen LogP contribution in [0.2, 0.25) is 0 Å². The third-order valence-electron chi connectivity index (χ3n) is 2.51. The van der Waals surface area contributed by atoms with Crippen LogP contribution in [0.3, 0.4) is 0 Å². The minimum atomic E-state index is -0.938. The SMILES string of the molecule is CCOC(=O)NC(=O)CN1CCCC1C(=O)O. The van der Waals surface area contributed by atoms with Gasteiger partial charge in [0, 0.05) is 0 Å². The van der Waals surface area contributed by atoms with Crippen LogP contribution in [0.25, 0.3) is 0 Å². The zero-order valence-electron chi connectivity index (χ0n) is 9.64. The minimum Gasteiger partial charge on any atom is -0.480 e. The lowest BCUT2D eigenvalue weighted by Gasteiger charge is -2.19. The number of nitrogens with zero attached hydrogens (tertiary/aromatic N) is 1. The number of hydrogen-bond acceptors (Lipinski definition) is 5. The number of rotatable bonds is 4. The van der Waals surface area contributed by atoms with Gasteiger partial charge in [-0.2, -0.15) is 0 Å². The first-order valence-corrected chi connectivity index (χ1v) is 5.48. The predicted molar refractivity (Wildman–Crippen MR) is 57.4 cm³/mol. The average molecular weight is 244 g/mol. The molecule has 2 N–H and O–H groups in total. The van der Waals surface area contributed by atoms with Crippen LogP contribution in [0.15, 0.2) is 0 Å². The number of carboxylic acids is 1. The zero-order chi connectivity index (χ0) is 12.8. The molecule has 1 rings (SSSR count). The van der Waals surface area contributed by atoms with Crippen LogP contribution in [-0.4, -0.2) is 53.7 Å². The van der Waals surface area contributed by atoms with E-state index >= 15 is 0 Å². The van der Waals surface area contributed by atoms with Gasteiger partial charge in [0.2, 0.25) is 5.91 Å². The van der Waals surface area contributed by atoms with Crippen molar-refractivity contribution in [3.05, 3.63) is 0 Å². The third kappa shape index (κ3) is 4.03. The van der Waals surface area contributed by atoms with E-state index < -0.39 is 24.0 Å². The summed E-state index contributed by atoms with van der Waals surface area (Å²) in [5, 5.41) is 10.9. The van der Waals surface area contributed by atoms with Crippen LogP contribution in [0.1, 0.15) is 19.8 Å². The molecule has 0 aliphatic carbocycles. The topological polar surface area (TPSA) is 95.9 Å². The molecule has 0 aromatic rings. The van der Waals surface area contributed by atoms with Crippen LogP contribution < -0.4 is 5.32 Å². The number of likely N-dealkylation sites (tertiary alicyclic amines) is 1. The molecule has 1 unspecified atom stereocenters. The highest BCUT2D eigenvalue weighted by molar-refractivity contribution is 5.93. The lowest BCUT2D eigenvalue weighted by molar-refractivity contribution is -0.142. The van der Waals surface area contributed by atoms with Gasteiger partial charge in [-0.05, 0) is 26.3 Å². The lowest BCUT2D eigenvalue weighted by Crippen LogP contribution is -2.44. The van der Waals surface area contributed by atoms with Crippen LogP contribution in [-0.2, 0) is 14.3 Å². The normalized spacial score (nSPS) is 19.9. The van der Waals surface area contributed by atoms with E-state index in [4.69, 9.17) is 5.11 Å². The standard InChI is InChI=1S/C10H16N2O5/c1-2-17-10(16)11-8(13)6-12-5-3-4-7(12)9(14)15/h7H,2-6H2,1H3,(H,14,15)(H,11,13,16). The molecule has 0 radical (unpaired) electrons. The molecule has 0 saturated carbocycles. The van der Waals surface area contributed by atoms with E-state index in [1.54, 1.807) is 6.92 Å². The molecule has 1 heterocycles. The number of amides is 2. The maximum Gasteiger partial charge on any atom is 0.413 e. The fourth-order valence-electron chi connectivity index (χ4n) is 1.80. The number of imide groups is 1. The monoisotopic (exact) mass is 244 g/mol. The molecule has 1 saturated heterocycles. The average Bonchev–Trinajstić information content (AvgIpc) is 2.65. The van der Waals surface area contributed by atoms with Crippen molar-refractivity contribution in [1.29, 1.82) is 0 Å². The fraction of sp³-hybridized carbons (Fsp3) is 0.700. The van der Waals surface area contributed by atoms with Crippen molar-refractivity contribution in [2.75, 3.05) is 19.7 Å². The Morgan fingerprint density at radius 2 is 2.18 bits per heavy atom. The zero-order valence-corrected chi connectivity index (χ0v) is 9.64. The van der Waals surface area contributed by atoms with Crippen LogP contribution >= 0.6 is 0 Å². The molecule has 0 aromatic carbocycles. The van der Waals surface area contributed by atoms with Crippen molar-refractivity contribution in [1.82, 2.24) is 10.2 Å². The van der Waals surface area contributed by atoms with E-state index in [2.05, 4.69) is 4.74 Å². The summed E-state index contributed by atoms with van der Waals surface area (Å²) in [6.45, 7) is 2.26. The summed E-state index contributed by atoms with van der Waals surface area (Å²) in [4.78, 5) is 34.8. The maximum absolute atomic E-state index is 11.4.